The van der Waals surface area contributed by atoms with Crippen LogP contribution < -0.4 is 10.1 Å². The number of hydrogen-bond donors (Lipinski definition) is 1. The van der Waals surface area contributed by atoms with Crippen molar-refractivity contribution in [3.63, 3.8) is 0 Å². The topological polar surface area (TPSA) is 21.3 Å². The molecule has 0 fully saturated rings. The third-order valence-corrected chi connectivity index (χ3v) is 3.05. The summed E-state index contributed by atoms with van der Waals surface area (Å²) in [5.41, 5.74) is 2.34. The van der Waals surface area contributed by atoms with E-state index in [1.165, 1.54) is 5.56 Å². The highest BCUT2D eigenvalue weighted by Crippen LogP contribution is 2.24. The van der Waals surface area contributed by atoms with Crippen molar-refractivity contribution in [2.24, 2.45) is 0 Å². The number of nitrogens with one attached hydrogen (secondary N) is 1. The molecule has 4 heteroatoms. The van der Waals surface area contributed by atoms with E-state index in [4.69, 9.17) is 27.9 Å². The minimum Gasteiger partial charge on any atom is -0.489 e. The van der Waals surface area contributed by atoms with Crippen LogP contribution in [0.2, 0.25) is 10.0 Å². The lowest BCUT2D eigenvalue weighted by molar-refractivity contribution is 0.306. The fourth-order valence-electron chi connectivity index (χ4n) is 1.81. The maximum atomic E-state index is 5.93. The van der Waals surface area contributed by atoms with Crippen molar-refractivity contribution in [1.82, 2.24) is 5.32 Å². The molecule has 0 heterocycles. The Morgan fingerprint density at radius 2 is 1.68 bits per heavy atom. The smallest absolute Gasteiger partial charge is 0.122 e. The predicted octanol–water partition coefficient (Wildman–Crippen LogP) is 4.29. The van der Waals surface area contributed by atoms with E-state index in [2.05, 4.69) is 17.4 Å². The van der Waals surface area contributed by atoms with Crippen LogP contribution in [0.3, 0.4) is 0 Å². The van der Waals surface area contributed by atoms with Crippen molar-refractivity contribution < 1.29 is 4.74 Å². The molecule has 0 amide bonds. The monoisotopic (exact) mass is 295 g/mol. The average molecular weight is 296 g/mol. The molecule has 0 aliphatic rings. The van der Waals surface area contributed by atoms with Gasteiger partial charge in [-0.25, -0.2) is 0 Å². The first-order valence-corrected chi connectivity index (χ1v) is 6.74. The maximum Gasteiger partial charge on any atom is 0.122 e. The minimum atomic E-state index is 0.494. The maximum absolute atomic E-state index is 5.93. The number of halogens is 2. The molecule has 2 rings (SSSR count). The number of rotatable bonds is 5. The molecule has 0 spiro atoms. The molecular weight excluding hydrogens is 281 g/mol. The van der Waals surface area contributed by atoms with Gasteiger partial charge in [-0.2, -0.15) is 0 Å². The van der Waals surface area contributed by atoms with E-state index in [9.17, 15) is 0 Å². The second kappa shape index (κ2) is 6.80. The molecule has 0 bridgehead atoms. The normalized spacial score (nSPS) is 10.5. The Morgan fingerprint density at radius 1 is 1.00 bits per heavy atom. The summed E-state index contributed by atoms with van der Waals surface area (Å²) in [4.78, 5) is 0. The summed E-state index contributed by atoms with van der Waals surface area (Å²) in [6, 6.07) is 13.4. The SMILES string of the molecule is CNCc1cccc(COc2cc(Cl)cc(Cl)c2)c1. The van der Waals surface area contributed by atoms with Crippen molar-refractivity contribution in [3.8, 4) is 5.75 Å². The Kier molecular flexibility index (Phi) is 5.08. The lowest BCUT2D eigenvalue weighted by Gasteiger charge is -2.08. The second-order valence-corrected chi connectivity index (χ2v) is 5.12. The quantitative estimate of drug-likeness (QED) is 0.888. The fourth-order valence-corrected chi connectivity index (χ4v) is 2.32. The van der Waals surface area contributed by atoms with E-state index in [0.29, 0.717) is 22.4 Å². The molecule has 1 N–H and O–H groups in total. The van der Waals surface area contributed by atoms with E-state index in [1.807, 2.05) is 19.2 Å². The van der Waals surface area contributed by atoms with Gasteiger partial charge in [-0.3, -0.25) is 0 Å². The Hall–Kier alpha value is -1.22. The molecule has 0 aromatic heterocycles. The molecule has 0 aliphatic heterocycles. The summed E-state index contributed by atoms with van der Waals surface area (Å²) < 4.78 is 5.70. The molecule has 2 aromatic rings. The van der Waals surface area contributed by atoms with Crippen molar-refractivity contribution >= 4 is 23.2 Å². The lowest BCUT2D eigenvalue weighted by atomic mass is 10.1. The van der Waals surface area contributed by atoms with Gasteiger partial charge in [-0.15, -0.1) is 0 Å². The van der Waals surface area contributed by atoms with E-state index in [1.54, 1.807) is 18.2 Å². The fraction of sp³-hybridized carbons (Fsp3) is 0.200. The molecule has 0 radical (unpaired) electrons. The van der Waals surface area contributed by atoms with Crippen LogP contribution >= 0.6 is 23.2 Å². The molecule has 2 nitrogen and oxygen atoms in total. The first kappa shape index (κ1) is 14.2. The Labute approximate surface area is 123 Å². The van der Waals surface area contributed by atoms with Gasteiger partial charge in [0.25, 0.3) is 0 Å². The van der Waals surface area contributed by atoms with Crippen molar-refractivity contribution in [1.29, 1.82) is 0 Å². The van der Waals surface area contributed by atoms with Crippen LogP contribution in [0.5, 0.6) is 5.75 Å². The Morgan fingerprint density at radius 3 is 2.37 bits per heavy atom. The Balaban J connectivity index is 2.03. The second-order valence-electron chi connectivity index (χ2n) is 4.24. The first-order chi connectivity index (χ1) is 9.17. The zero-order valence-electron chi connectivity index (χ0n) is 10.6. The van der Waals surface area contributed by atoms with Gasteiger partial charge < -0.3 is 10.1 Å². The molecule has 19 heavy (non-hydrogen) atoms. The van der Waals surface area contributed by atoms with Gasteiger partial charge in [-0.05, 0) is 36.4 Å². The zero-order chi connectivity index (χ0) is 13.7. The van der Waals surface area contributed by atoms with Crippen LogP contribution in [0, 0.1) is 0 Å². The van der Waals surface area contributed by atoms with Gasteiger partial charge in [0.15, 0.2) is 0 Å². The molecule has 2 aromatic carbocycles. The van der Waals surface area contributed by atoms with E-state index < -0.39 is 0 Å². The third-order valence-electron chi connectivity index (χ3n) is 2.61. The van der Waals surface area contributed by atoms with Crippen LogP contribution in [-0.2, 0) is 13.2 Å². The summed E-state index contributed by atoms with van der Waals surface area (Å²) in [6.07, 6.45) is 0. The summed E-state index contributed by atoms with van der Waals surface area (Å²) >= 11 is 11.9. The molecule has 0 unspecified atom stereocenters. The molecule has 0 aliphatic carbocycles. The summed E-state index contributed by atoms with van der Waals surface area (Å²) in [5.74, 6) is 0.677. The van der Waals surface area contributed by atoms with Gasteiger partial charge >= 0.3 is 0 Å². The largest absolute Gasteiger partial charge is 0.489 e. The first-order valence-electron chi connectivity index (χ1n) is 5.98. The van der Waals surface area contributed by atoms with Gasteiger partial charge in [-0.1, -0.05) is 47.5 Å². The Bertz CT molecular complexity index is 537. The van der Waals surface area contributed by atoms with E-state index in [0.717, 1.165) is 12.1 Å². The van der Waals surface area contributed by atoms with E-state index >= 15 is 0 Å². The van der Waals surface area contributed by atoms with Gasteiger partial charge in [0, 0.05) is 16.6 Å². The van der Waals surface area contributed by atoms with Gasteiger partial charge in [0.05, 0.1) is 0 Å². The van der Waals surface area contributed by atoms with Gasteiger partial charge in [0.1, 0.15) is 12.4 Å². The number of hydrogen-bond acceptors (Lipinski definition) is 2. The summed E-state index contributed by atoms with van der Waals surface area (Å²) in [7, 11) is 1.93. The van der Waals surface area contributed by atoms with Crippen LogP contribution in [0.1, 0.15) is 11.1 Å². The van der Waals surface area contributed by atoms with Crippen molar-refractivity contribution in [3.05, 3.63) is 63.6 Å². The summed E-state index contributed by atoms with van der Waals surface area (Å²) in [6.45, 7) is 1.34. The highest BCUT2D eigenvalue weighted by molar-refractivity contribution is 6.34. The van der Waals surface area contributed by atoms with Crippen LogP contribution in [0.15, 0.2) is 42.5 Å². The molecule has 100 valence electrons. The van der Waals surface area contributed by atoms with Crippen LogP contribution in [-0.4, -0.2) is 7.05 Å². The van der Waals surface area contributed by atoms with E-state index in [-0.39, 0.29) is 0 Å². The molecular formula is C15H15Cl2NO. The predicted molar refractivity (Wildman–Crippen MR) is 80.0 cm³/mol. The van der Waals surface area contributed by atoms with Crippen molar-refractivity contribution in [2.45, 2.75) is 13.2 Å². The molecule has 0 saturated carbocycles. The molecule has 0 atom stereocenters. The number of benzene rings is 2. The highest BCUT2D eigenvalue weighted by Gasteiger charge is 2.01. The standard InChI is InChI=1S/C15H15Cl2NO/c1-18-9-11-3-2-4-12(5-11)10-19-15-7-13(16)6-14(17)8-15/h2-8,18H,9-10H2,1H3. The zero-order valence-corrected chi connectivity index (χ0v) is 12.1. The number of ether oxygens (including phenoxy) is 1. The van der Waals surface area contributed by atoms with Crippen LogP contribution in [0.25, 0.3) is 0 Å². The van der Waals surface area contributed by atoms with Crippen LogP contribution in [0.4, 0.5) is 0 Å². The summed E-state index contributed by atoms with van der Waals surface area (Å²) in [5, 5.41) is 4.28. The van der Waals surface area contributed by atoms with Crippen molar-refractivity contribution in [2.75, 3.05) is 7.05 Å². The molecule has 0 saturated heterocycles. The van der Waals surface area contributed by atoms with Gasteiger partial charge in [0.2, 0.25) is 0 Å². The third kappa shape index (κ3) is 4.43. The average Bonchev–Trinajstić information content (AvgIpc) is 2.36. The minimum absolute atomic E-state index is 0.494. The highest BCUT2D eigenvalue weighted by atomic mass is 35.5. The lowest BCUT2D eigenvalue weighted by Crippen LogP contribution is -2.05.